The highest BCUT2D eigenvalue weighted by molar-refractivity contribution is 5.94. The lowest BCUT2D eigenvalue weighted by atomic mass is 10.0. The van der Waals surface area contributed by atoms with E-state index < -0.39 is 0 Å². The fourth-order valence-corrected chi connectivity index (χ4v) is 4.19. The highest BCUT2D eigenvalue weighted by atomic mass is 16.2. The average molecular weight is 474 g/mol. The van der Waals surface area contributed by atoms with Crippen molar-refractivity contribution in [2.75, 3.05) is 12.4 Å². The molecule has 1 atom stereocenters. The van der Waals surface area contributed by atoms with Crippen LogP contribution in [0.4, 0.5) is 5.82 Å². The zero-order valence-electron chi connectivity index (χ0n) is 20.8. The van der Waals surface area contributed by atoms with Gasteiger partial charge < -0.3 is 10.6 Å². The molecule has 6 heteroatoms. The summed E-state index contributed by atoms with van der Waals surface area (Å²) in [5, 5.41) is 8.15. The van der Waals surface area contributed by atoms with Crippen LogP contribution in [0.25, 0.3) is 27.7 Å². The summed E-state index contributed by atoms with van der Waals surface area (Å²) < 4.78 is 2.04. The molecule has 5 rings (SSSR count). The first-order valence-corrected chi connectivity index (χ1v) is 11.9. The van der Waals surface area contributed by atoms with Gasteiger partial charge in [-0.3, -0.25) is 9.20 Å². The second-order valence-electron chi connectivity index (χ2n) is 8.88. The Hall–Kier alpha value is -4.47. The molecule has 6 nitrogen and oxygen atoms in total. The Balaban J connectivity index is 1.62. The van der Waals surface area contributed by atoms with Crippen molar-refractivity contribution in [1.29, 1.82) is 0 Å². The maximum Gasteiger partial charge on any atom is 0.242 e. The van der Waals surface area contributed by atoms with Gasteiger partial charge in [-0.25, -0.2) is 9.97 Å². The molecule has 0 bridgehead atoms. The van der Waals surface area contributed by atoms with Crippen molar-refractivity contribution in [3.8, 4) is 23.1 Å². The van der Waals surface area contributed by atoms with Crippen LogP contribution in [0.15, 0.2) is 72.9 Å². The molecular formula is C30H27N5O. The third-order valence-electron chi connectivity index (χ3n) is 6.25. The van der Waals surface area contributed by atoms with Gasteiger partial charge in [0.1, 0.15) is 17.2 Å². The van der Waals surface area contributed by atoms with Gasteiger partial charge in [0.2, 0.25) is 5.91 Å². The predicted octanol–water partition coefficient (Wildman–Crippen LogP) is 5.11. The molecule has 0 saturated heterocycles. The summed E-state index contributed by atoms with van der Waals surface area (Å²) in [6.07, 6.45) is 1.98. The fraction of sp³-hybridized carbons (Fsp3) is 0.167. The molecule has 0 radical (unpaired) electrons. The molecule has 36 heavy (non-hydrogen) atoms. The lowest BCUT2D eigenvalue weighted by Gasteiger charge is -2.12. The molecule has 0 saturated carbocycles. The van der Waals surface area contributed by atoms with Crippen molar-refractivity contribution in [1.82, 2.24) is 19.7 Å². The minimum atomic E-state index is -0.344. The largest absolute Gasteiger partial charge is 0.309 e. The number of benzene rings is 2. The molecule has 5 aromatic rings. The number of aryl methyl sites for hydroxylation is 2. The number of nitrogens with zero attached hydrogens (tertiary/aromatic N) is 3. The minimum absolute atomic E-state index is 0.160. The van der Waals surface area contributed by atoms with Gasteiger partial charge in [0, 0.05) is 17.3 Å². The van der Waals surface area contributed by atoms with E-state index in [1.54, 1.807) is 20.0 Å². The number of hydrogen-bond donors (Lipinski definition) is 2. The van der Waals surface area contributed by atoms with E-state index in [0.717, 1.165) is 33.5 Å². The van der Waals surface area contributed by atoms with Crippen LogP contribution in [-0.4, -0.2) is 33.4 Å². The first-order valence-electron chi connectivity index (χ1n) is 11.9. The van der Waals surface area contributed by atoms with Gasteiger partial charge in [-0.05, 0) is 80.9 Å². The molecule has 0 aliphatic carbocycles. The highest BCUT2D eigenvalue weighted by Crippen LogP contribution is 2.28. The predicted molar refractivity (Wildman–Crippen MR) is 145 cm³/mol. The molecule has 0 fully saturated rings. The number of amides is 1. The monoisotopic (exact) mass is 473 g/mol. The van der Waals surface area contributed by atoms with Crippen molar-refractivity contribution < 1.29 is 4.79 Å². The van der Waals surface area contributed by atoms with Crippen LogP contribution in [0.2, 0.25) is 0 Å². The van der Waals surface area contributed by atoms with Crippen LogP contribution in [0.5, 0.6) is 0 Å². The summed E-state index contributed by atoms with van der Waals surface area (Å²) in [5.41, 5.74) is 6.22. The number of likely N-dealkylation sites (N-methyl/N-ethyl adjacent to an activating group) is 1. The van der Waals surface area contributed by atoms with E-state index in [9.17, 15) is 4.79 Å². The molecule has 0 aliphatic heterocycles. The number of carbonyl (C=O) groups excluding carboxylic acids is 1. The van der Waals surface area contributed by atoms with Crippen LogP contribution < -0.4 is 10.6 Å². The standard InChI is InChI=1S/C30H27N5O/c1-19-8-11-24-18-22(9-12-23(24)17-19)10-14-26-25(13-15-27(33-26)34-30(36)21(3)31-4)29-20(2)32-28-7-5-6-16-35(28)29/h5-9,11-13,15-18,21,31H,1-4H3,(H,33,34,36). The Morgan fingerprint density at radius 1 is 0.944 bits per heavy atom. The number of aromatic nitrogens is 3. The third-order valence-corrected chi connectivity index (χ3v) is 6.25. The summed E-state index contributed by atoms with van der Waals surface area (Å²) in [6.45, 7) is 5.87. The third kappa shape index (κ3) is 4.57. The van der Waals surface area contributed by atoms with Crippen molar-refractivity contribution in [2.24, 2.45) is 0 Å². The number of rotatable bonds is 4. The molecule has 3 heterocycles. The molecule has 1 amide bonds. The highest BCUT2D eigenvalue weighted by Gasteiger charge is 2.17. The van der Waals surface area contributed by atoms with Crippen LogP contribution in [0.3, 0.4) is 0 Å². The van der Waals surface area contributed by atoms with Crippen LogP contribution >= 0.6 is 0 Å². The van der Waals surface area contributed by atoms with E-state index in [2.05, 4.69) is 59.7 Å². The number of hydrogen-bond acceptors (Lipinski definition) is 4. The number of pyridine rings is 2. The average Bonchev–Trinajstić information content (AvgIpc) is 3.22. The van der Waals surface area contributed by atoms with Gasteiger partial charge in [-0.2, -0.15) is 0 Å². The molecule has 0 spiro atoms. The summed E-state index contributed by atoms with van der Waals surface area (Å²) in [6, 6.07) is 21.9. The second kappa shape index (κ2) is 9.65. The molecule has 2 aromatic carbocycles. The molecular weight excluding hydrogens is 446 g/mol. The van der Waals surface area contributed by atoms with Crippen molar-refractivity contribution in [2.45, 2.75) is 26.8 Å². The van der Waals surface area contributed by atoms with E-state index >= 15 is 0 Å². The quantitative estimate of drug-likeness (QED) is 0.356. The van der Waals surface area contributed by atoms with Crippen LogP contribution in [-0.2, 0) is 4.79 Å². The zero-order chi connectivity index (χ0) is 25.2. The fourth-order valence-electron chi connectivity index (χ4n) is 4.19. The molecule has 0 aliphatic rings. The molecule has 178 valence electrons. The van der Waals surface area contributed by atoms with E-state index in [0.29, 0.717) is 11.5 Å². The van der Waals surface area contributed by atoms with E-state index in [1.807, 2.05) is 47.9 Å². The normalized spacial score (nSPS) is 11.8. The molecule has 2 N–H and O–H groups in total. The lowest BCUT2D eigenvalue weighted by molar-refractivity contribution is -0.117. The first-order chi connectivity index (χ1) is 17.4. The van der Waals surface area contributed by atoms with E-state index in [1.165, 1.54) is 10.9 Å². The Kier molecular flexibility index (Phi) is 6.24. The number of nitrogens with one attached hydrogen (secondary N) is 2. The minimum Gasteiger partial charge on any atom is -0.309 e. The Labute approximate surface area is 210 Å². The maximum absolute atomic E-state index is 12.5. The summed E-state index contributed by atoms with van der Waals surface area (Å²) in [7, 11) is 1.75. The maximum atomic E-state index is 12.5. The van der Waals surface area contributed by atoms with Gasteiger partial charge in [0.25, 0.3) is 0 Å². The number of anilines is 1. The Morgan fingerprint density at radius 3 is 2.58 bits per heavy atom. The number of imidazole rings is 1. The summed E-state index contributed by atoms with van der Waals surface area (Å²) >= 11 is 0. The Morgan fingerprint density at radius 2 is 1.75 bits per heavy atom. The summed E-state index contributed by atoms with van der Waals surface area (Å²) in [5.74, 6) is 6.85. The summed E-state index contributed by atoms with van der Waals surface area (Å²) in [4.78, 5) is 21.9. The van der Waals surface area contributed by atoms with Crippen molar-refractivity contribution in [3.05, 3.63) is 95.4 Å². The van der Waals surface area contributed by atoms with Crippen molar-refractivity contribution in [3.63, 3.8) is 0 Å². The molecule has 3 aromatic heterocycles. The number of carbonyl (C=O) groups is 1. The van der Waals surface area contributed by atoms with E-state index in [4.69, 9.17) is 9.97 Å². The van der Waals surface area contributed by atoms with Crippen molar-refractivity contribution >= 4 is 28.1 Å². The van der Waals surface area contributed by atoms with E-state index in [-0.39, 0.29) is 11.9 Å². The Bertz CT molecular complexity index is 1670. The van der Waals surface area contributed by atoms with Gasteiger partial charge in [0.05, 0.1) is 17.4 Å². The smallest absolute Gasteiger partial charge is 0.242 e. The van der Waals surface area contributed by atoms with Gasteiger partial charge in [-0.15, -0.1) is 0 Å². The number of fused-ring (bicyclic) bond motifs is 2. The molecule has 1 unspecified atom stereocenters. The second-order valence-corrected chi connectivity index (χ2v) is 8.88. The van der Waals surface area contributed by atoms with Gasteiger partial charge >= 0.3 is 0 Å². The van der Waals surface area contributed by atoms with Crippen LogP contribution in [0.1, 0.15) is 29.4 Å². The topological polar surface area (TPSA) is 71.3 Å². The first kappa shape index (κ1) is 23.3. The SMILES string of the molecule is CNC(C)C(=O)Nc1ccc(-c2c(C)nc3ccccn23)c(C#Cc2ccc3cc(C)ccc3c2)n1. The van der Waals surface area contributed by atoms with Gasteiger partial charge in [0.15, 0.2) is 0 Å². The lowest BCUT2D eigenvalue weighted by Crippen LogP contribution is -2.35. The van der Waals surface area contributed by atoms with Gasteiger partial charge in [-0.1, -0.05) is 41.8 Å². The zero-order valence-corrected chi connectivity index (χ0v) is 20.8. The van der Waals surface area contributed by atoms with Crippen LogP contribution in [0, 0.1) is 25.7 Å².